The normalized spacial score (nSPS) is 8.88. The average molecular weight is 377 g/mol. The minimum absolute atomic E-state index is 0.500. The average Bonchev–Trinajstić information content (AvgIpc) is 2.63. The summed E-state index contributed by atoms with van der Waals surface area (Å²) in [6, 6.07) is 0.727. The number of halogens is 3. The number of aromatic nitrogens is 1. The van der Waals surface area contributed by atoms with Crippen LogP contribution < -0.4 is 4.74 Å². The second-order valence-electron chi connectivity index (χ2n) is 4.21. The van der Waals surface area contributed by atoms with E-state index in [-0.39, 0.29) is 0 Å². The summed E-state index contributed by atoms with van der Waals surface area (Å²) in [5.41, 5.74) is -0.268. The highest BCUT2D eigenvalue weighted by Crippen LogP contribution is 2.37. The van der Waals surface area contributed by atoms with Gasteiger partial charge in [0.2, 0.25) is 0 Å². The number of allylic oxidation sites excluding steroid dienone is 3. The second-order valence-corrected chi connectivity index (χ2v) is 4.21. The van der Waals surface area contributed by atoms with Gasteiger partial charge in [-0.1, -0.05) is 52.0 Å². The Morgan fingerprint density at radius 3 is 1.92 bits per heavy atom. The zero-order valence-electron chi connectivity index (χ0n) is 16.8. The minimum Gasteiger partial charge on any atom is -0.494 e. The third kappa shape index (κ3) is 11.3. The Balaban J connectivity index is -0.000000445. The monoisotopic (exact) mass is 377 g/mol. The number of carbonyl (C=O) groups excluding carboxylic acids is 1. The van der Waals surface area contributed by atoms with E-state index in [4.69, 9.17) is 0 Å². The molecule has 26 heavy (non-hydrogen) atoms. The van der Waals surface area contributed by atoms with Crippen LogP contribution in [0.5, 0.6) is 5.75 Å². The van der Waals surface area contributed by atoms with Gasteiger partial charge in [0.15, 0.2) is 11.4 Å². The van der Waals surface area contributed by atoms with E-state index in [1.165, 1.54) is 5.57 Å². The van der Waals surface area contributed by atoms with E-state index in [0.29, 0.717) is 0 Å². The zero-order valence-corrected chi connectivity index (χ0v) is 16.8. The van der Waals surface area contributed by atoms with Crippen LogP contribution in [0.3, 0.4) is 0 Å². The predicted octanol–water partition coefficient (Wildman–Crippen LogP) is 6.09. The molecule has 0 radical (unpaired) electrons. The van der Waals surface area contributed by atoms with Crippen molar-refractivity contribution in [1.29, 1.82) is 0 Å². The lowest BCUT2D eigenvalue weighted by molar-refractivity contribution is -0.138. The molecular formula is C19H30F3NO3. The molecule has 0 aliphatic carbocycles. The lowest BCUT2D eigenvalue weighted by Crippen LogP contribution is -2.13. The van der Waals surface area contributed by atoms with Crippen LogP contribution in [0.15, 0.2) is 36.6 Å². The van der Waals surface area contributed by atoms with Gasteiger partial charge >= 0.3 is 12.1 Å². The largest absolute Gasteiger partial charge is 0.494 e. The highest BCUT2D eigenvalue weighted by Gasteiger charge is 2.36. The van der Waals surface area contributed by atoms with Gasteiger partial charge in [-0.05, 0) is 19.9 Å². The van der Waals surface area contributed by atoms with Crippen molar-refractivity contribution < 1.29 is 27.4 Å². The first-order chi connectivity index (χ1) is 12.2. The fourth-order valence-corrected chi connectivity index (χ4v) is 1.36. The van der Waals surface area contributed by atoms with Gasteiger partial charge in [0.25, 0.3) is 0 Å². The fraction of sp³-hybridized carbons (Fsp3) is 0.474. The summed E-state index contributed by atoms with van der Waals surface area (Å²) in [6.07, 6.45) is 0.0178. The standard InChI is InChI=1S/C9H8F3NO3.C6H10.2C2H6/c1-15-7-5(9(10,11)12)3-4-13-6(7)8(14)16-2;1-4-5-6(2)3;2*1-2/h3-4H,1-2H3;4-5H,1H2,2-3H3;2*1-2H3. The molecule has 1 aromatic heterocycles. The molecule has 0 saturated heterocycles. The SMILES string of the molecule is C=CC=C(C)C.CC.CC.COC(=O)c1nccc(C(F)(F)F)c1OC. The maximum absolute atomic E-state index is 12.5. The molecule has 1 heterocycles. The summed E-state index contributed by atoms with van der Waals surface area (Å²) < 4.78 is 46.4. The topological polar surface area (TPSA) is 48.4 Å². The van der Waals surface area contributed by atoms with Gasteiger partial charge in [-0.2, -0.15) is 13.2 Å². The number of hydrogen-bond acceptors (Lipinski definition) is 4. The van der Waals surface area contributed by atoms with Crippen molar-refractivity contribution in [1.82, 2.24) is 4.98 Å². The number of ether oxygens (including phenoxy) is 2. The molecule has 0 unspecified atom stereocenters. The Morgan fingerprint density at radius 1 is 1.15 bits per heavy atom. The fourth-order valence-electron chi connectivity index (χ4n) is 1.36. The van der Waals surface area contributed by atoms with Gasteiger partial charge in [-0.15, -0.1) is 0 Å². The smallest absolute Gasteiger partial charge is 0.420 e. The third-order valence-corrected chi connectivity index (χ3v) is 2.24. The first-order valence-electron chi connectivity index (χ1n) is 8.13. The third-order valence-electron chi connectivity index (χ3n) is 2.24. The van der Waals surface area contributed by atoms with Crippen molar-refractivity contribution in [2.24, 2.45) is 0 Å². The lowest BCUT2D eigenvalue weighted by atomic mass is 10.2. The number of pyridine rings is 1. The van der Waals surface area contributed by atoms with Crippen molar-refractivity contribution in [3.8, 4) is 5.75 Å². The Morgan fingerprint density at radius 2 is 1.65 bits per heavy atom. The molecule has 0 aliphatic rings. The Hall–Kier alpha value is -2.31. The van der Waals surface area contributed by atoms with E-state index in [9.17, 15) is 18.0 Å². The first-order valence-corrected chi connectivity index (χ1v) is 8.13. The molecule has 0 aliphatic heterocycles. The van der Waals surface area contributed by atoms with Crippen LogP contribution in [0.25, 0.3) is 0 Å². The number of esters is 1. The van der Waals surface area contributed by atoms with Crippen LogP contribution in [0.1, 0.15) is 57.6 Å². The van der Waals surface area contributed by atoms with Gasteiger partial charge in [0.05, 0.1) is 14.2 Å². The number of carbonyl (C=O) groups is 1. The molecule has 0 aromatic carbocycles. The Labute approximate surface area is 154 Å². The molecule has 1 aromatic rings. The van der Waals surface area contributed by atoms with Gasteiger partial charge in [0, 0.05) is 6.20 Å². The number of alkyl halides is 3. The van der Waals surface area contributed by atoms with Crippen LogP contribution >= 0.6 is 0 Å². The summed E-state index contributed by atoms with van der Waals surface area (Å²) in [6.45, 7) is 15.6. The van der Waals surface area contributed by atoms with E-state index in [2.05, 4.69) is 21.0 Å². The molecule has 0 saturated carbocycles. The van der Waals surface area contributed by atoms with Crippen LogP contribution in [-0.4, -0.2) is 25.2 Å². The number of hydrogen-bond donors (Lipinski definition) is 0. The molecule has 0 amide bonds. The minimum atomic E-state index is -4.61. The molecule has 1 rings (SSSR count). The van der Waals surface area contributed by atoms with Gasteiger partial charge in [0.1, 0.15) is 5.56 Å². The van der Waals surface area contributed by atoms with Gasteiger partial charge in [-0.25, -0.2) is 9.78 Å². The molecule has 4 nitrogen and oxygen atoms in total. The Bertz CT molecular complexity index is 549. The quantitative estimate of drug-likeness (QED) is 0.473. The number of nitrogens with zero attached hydrogens (tertiary/aromatic N) is 1. The molecule has 0 fully saturated rings. The summed E-state index contributed by atoms with van der Waals surface area (Å²) in [7, 11) is 2.07. The van der Waals surface area contributed by atoms with Crippen molar-refractivity contribution in [3.05, 3.63) is 47.8 Å². The predicted molar refractivity (Wildman–Crippen MR) is 99.5 cm³/mol. The summed E-state index contributed by atoms with van der Waals surface area (Å²) in [5.74, 6) is -1.62. The maximum atomic E-state index is 12.5. The van der Waals surface area contributed by atoms with E-state index in [1.54, 1.807) is 6.08 Å². The molecule has 0 N–H and O–H groups in total. The summed E-state index contributed by atoms with van der Waals surface area (Å²) in [4.78, 5) is 14.6. The molecule has 150 valence electrons. The van der Waals surface area contributed by atoms with E-state index in [0.717, 1.165) is 26.5 Å². The second kappa shape index (κ2) is 16.2. The summed E-state index contributed by atoms with van der Waals surface area (Å²) >= 11 is 0. The first kappa shape index (κ1) is 28.5. The highest BCUT2D eigenvalue weighted by molar-refractivity contribution is 5.90. The van der Waals surface area contributed by atoms with Crippen molar-refractivity contribution in [2.75, 3.05) is 14.2 Å². The van der Waals surface area contributed by atoms with Crippen molar-refractivity contribution >= 4 is 5.97 Å². The van der Waals surface area contributed by atoms with Crippen LogP contribution in [0.4, 0.5) is 13.2 Å². The molecule has 0 atom stereocenters. The van der Waals surface area contributed by atoms with Gasteiger partial charge in [-0.3, -0.25) is 0 Å². The highest BCUT2D eigenvalue weighted by atomic mass is 19.4. The van der Waals surface area contributed by atoms with Gasteiger partial charge < -0.3 is 9.47 Å². The van der Waals surface area contributed by atoms with E-state index < -0.39 is 29.2 Å². The van der Waals surface area contributed by atoms with Crippen LogP contribution in [-0.2, 0) is 10.9 Å². The number of methoxy groups -OCH3 is 2. The van der Waals surface area contributed by atoms with Crippen LogP contribution in [0.2, 0.25) is 0 Å². The summed E-state index contributed by atoms with van der Waals surface area (Å²) in [5, 5.41) is 0. The molecule has 0 spiro atoms. The molecule has 7 heteroatoms. The molecular weight excluding hydrogens is 347 g/mol. The van der Waals surface area contributed by atoms with Crippen molar-refractivity contribution in [3.63, 3.8) is 0 Å². The van der Waals surface area contributed by atoms with Crippen LogP contribution in [0, 0.1) is 0 Å². The Kier molecular flexibility index (Phi) is 17.7. The number of rotatable bonds is 3. The van der Waals surface area contributed by atoms with E-state index >= 15 is 0 Å². The van der Waals surface area contributed by atoms with E-state index in [1.807, 2.05) is 47.6 Å². The lowest BCUT2D eigenvalue weighted by Gasteiger charge is -2.13. The maximum Gasteiger partial charge on any atom is 0.420 e. The zero-order chi connectivity index (χ0) is 21.3. The van der Waals surface area contributed by atoms with Crippen molar-refractivity contribution in [2.45, 2.75) is 47.7 Å². The molecule has 0 bridgehead atoms.